The van der Waals surface area contributed by atoms with Crippen molar-refractivity contribution in [2.24, 2.45) is 11.7 Å². The number of halogens is 2. The van der Waals surface area contributed by atoms with Gasteiger partial charge in [-0.2, -0.15) is 0 Å². The Balaban J connectivity index is 0. The highest BCUT2D eigenvalue weighted by atomic mass is 35.5. The first kappa shape index (κ1) is 21.3. The highest BCUT2D eigenvalue weighted by Gasteiger charge is 2.23. The molecule has 0 aromatic rings. The van der Waals surface area contributed by atoms with Crippen LogP contribution in [0.3, 0.4) is 0 Å². The van der Waals surface area contributed by atoms with Crippen molar-refractivity contribution in [3.63, 3.8) is 0 Å². The first-order valence-electron chi connectivity index (χ1n) is 6.73. The molecule has 116 valence electrons. The molecule has 2 atom stereocenters. The van der Waals surface area contributed by atoms with Crippen molar-refractivity contribution >= 4 is 30.7 Å². The summed E-state index contributed by atoms with van der Waals surface area (Å²) in [4.78, 5) is 16.1. The summed E-state index contributed by atoms with van der Waals surface area (Å²) >= 11 is 0. The van der Waals surface area contributed by atoms with Crippen LogP contribution in [0.2, 0.25) is 0 Å². The van der Waals surface area contributed by atoms with E-state index in [9.17, 15) is 4.79 Å². The van der Waals surface area contributed by atoms with Crippen LogP contribution in [0, 0.1) is 5.92 Å². The van der Waals surface area contributed by atoms with Crippen molar-refractivity contribution in [3.8, 4) is 0 Å². The second-order valence-corrected chi connectivity index (χ2v) is 5.38. The quantitative estimate of drug-likeness (QED) is 0.841. The van der Waals surface area contributed by atoms with E-state index in [1.807, 2.05) is 11.9 Å². The average Bonchev–Trinajstić information content (AvgIpc) is 2.28. The van der Waals surface area contributed by atoms with Crippen molar-refractivity contribution in [2.45, 2.75) is 38.6 Å². The lowest BCUT2D eigenvalue weighted by Gasteiger charge is -2.33. The fourth-order valence-corrected chi connectivity index (χ4v) is 2.62. The average molecular weight is 314 g/mol. The number of rotatable bonds is 5. The van der Waals surface area contributed by atoms with Gasteiger partial charge < -0.3 is 15.5 Å². The van der Waals surface area contributed by atoms with Crippen LogP contribution in [0.25, 0.3) is 0 Å². The van der Waals surface area contributed by atoms with Crippen LogP contribution in [0.4, 0.5) is 0 Å². The number of hydrogen-bond donors (Lipinski definition) is 1. The number of nitrogens with zero attached hydrogens (tertiary/aromatic N) is 2. The smallest absolute Gasteiger partial charge is 0.239 e. The van der Waals surface area contributed by atoms with Crippen molar-refractivity contribution in [2.75, 3.05) is 33.7 Å². The molecule has 6 heteroatoms. The summed E-state index contributed by atoms with van der Waals surface area (Å²) in [7, 11) is 4.03. The van der Waals surface area contributed by atoms with Crippen LogP contribution < -0.4 is 5.73 Å². The number of nitrogens with two attached hydrogens (primary N) is 1. The lowest BCUT2D eigenvalue weighted by Crippen LogP contribution is -2.45. The van der Waals surface area contributed by atoms with E-state index in [1.54, 1.807) is 0 Å². The summed E-state index contributed by atoms with van der Waals surface area (Å²) < 4.78 is 0. The van der Waals surface area contributed by atoms with Gasteiger partial charge in [-0.05, 0) is 38.8 Å². The fraction of sp³-hybridized carbons (Fsp3) is 0.923. The topological polar surface area (TPSA) is 49.6 Å². The van der Waals surface area contributed by atoms with Gasteiger partial charge in [-0.25, -0.2) is 0 Å². The molecule has 0 aromatic heterocycles. The second-order valence-electron chi connectivity index (χ2n) is 5.38. The maximum atomic E-state index is 12.0. The highest BCUT2D eigenvalue weighted by Crippen LogP contribution is 2.16. The molecule has 4 nitrogen and oxygen atoms in total. The summed E-state index contributed by atoms with van der Waals surface area (Å²) in [6, 6.07) is -0.314. The van der Waals surface area contributed by atoms with E-state index in [2.05, 4.69) is 18.9 Å². The number of carbonyl (C=O) groups excluding carboxylic acids is 1. The third-order valence-electron chi connectivity index (χ3n) is 3.55. The lowest BCUT2D eigenvalue weighted by molar-refractivity contribution is -0.132. The number of likely N-dealkylation sites (N-methyl/N-ethyl adjacent to an activating group) is 1. The molecule has 2 N–H and O–H groups in total. The van der Waals surface area contributed by atoms with E-state index >= 15 is 0 Å². The third-order valence-corrected chi connectivity index (χ3v) is 3.55. The summed E-state index contributed by atoms with van der Waals surface area (Å²) in [5.74, 6) is 0.705. The van der Waals surface area contributed by atoms with E-state index in [-0.39, 0.29) is 36.8 Å². The van der Waals surface area contributed by atoms with Gasteiger partial charge in [0.1, 0.15) is 0 Å². The summed E-state index contributed by atoms with van der Waals surface area (Å²) in [5.41, 5.74) is 5.86. The van der Waals surface area contributed by atoms with E-state index < -0.39 is 0 Å². The molecule has 0 bridgehead atoms. The molecule has 0 aromatic carbocycles. The molecule has 1 heterocycles. The van der Waals surface area contributed by atoms with Crippen molar-refractivity contribution in [1.82, 2.24) is 9.80 Å². The lowest BCUT2D eigenvalue weighted by atomic mass is 9.97. The Labute approximate surface area is 129 Å². The molecule has 1 aliphatic heterocycles. The maximum absolute atomic E-state index is 12.0. The fourth-order valence-electron chi connectivity index (χ4n) is 2.62. The van der Waals surface area contributed by atoms with Crippen LogP contribution in [-0.2, 0) is 4.79 Å². The molecule has 0 spiro atoms. The van der Waals surface area contributed by atoms with Crippen molar-refractivity contribution < 1.29 is 4.79 Å². The third kappa shape index (κ3) is 7.35. The van der Waals surface area contributed by atoms with Gasteiger partial charge in [0.05, 0.1) is 6.04 Å². The number of amides is 1. The zero-order chi connectivity index (χ0) is 12.8. The van der Waals surface area contributed by atoms with Crippen LogP contribution in [0.15, 0.2) is 0 Å². The second kappa shape index (κ2) is 10.7. The van der Waals surface area contributed by atoms with Gasteiger partial charge in [0, 0.05) is 20.1 Å². The highest BCUT2D eigenvalue weighted by molar-refractivity contribution is 5.85. The van der Waals surface area contributed by atoms with Gasteiger partial charge in [0.15, 0.2) is 0 Å². The maximum Gasteiger partial charge on any atom is 0.239 e. The van der Waals surface area contributed by atoms with E-state index in [4.69, 9.17) is 5.73 Å². The Morgan fingerprint density at radius 1 is 1.47 bits per heavy atom. The predicted molar refractivity (Wildman–Crippen MR) is 85.2 cm³/mol. The molecule has 2 unspecified atom stereocenters. The molecular formula is C13H29Cl2N3O. The van der Waals surface area contributed by atoms with Crippen LogP contribution >= 0.6 is 24.8 Å². The minimum atomic E-state index is -0.314. The van der Waals surface area contributed by atoms with E-state index in [1.165, 1.54) is 19.4 Å². The van der Waals surface area contributed by atoms with Crippen LogP contribution in [0.1, 0.15) is 32.6 Å². The van der Waals surface area contributed by atoms with E-state index in [0.717, 1.165) is 25.9 Å². The molecule has 1 rings (SSSR count). The Kier molecular flexibility index (Phi) is 12.0. The number of likely N-dealkylation sites (tertiary alicyclic amines) is 1. The van der Waals surface area contributed by atoms with Gasteiger partial charge >= 0.3 is 0 Å². The Hall–Kier alpha value is -0.0300. The Morgan fingerprint density at radius 3 is 2.63 bits per heavy atom. The first-order chi connectivity index (χ1) is 8.04. The molecule has 1 saturated heterocycles. The molecule has 0 saturated carbocycles. The predicted octanol–water partition coefficient (Wildman–Crippen LogP) is 1.76. The molecule has 0 radical (unpaired) electrons. The summed E-state index contributed by atoms with van der Waals surface area (Å²) in [6.45, 7) is 5.19. The van der Waals surface area contributed by atoms with Crippen LogP contribution in [-0.4, -0.2) is 55.5 Å². The minimum absolute atomic E-state index is 0. The van der Waals surface area contributed by atoms with Crippen molar-refractivity contribution in [3.05, 3.63) is 0 Å². The molecule has 19 heavy (non-hydrogen) atoms. The Bertz CT molecular complexity index is 254. The molecular weight excluding hydrogens is 285 g/mol. The van der Waals surface area contributed by atoms with Crippen molar-refractivity contribution in [1.29, 1.82) is 0 Å². The van der Waals surface area contributed by atoms with Crippen LogP contribution in [0.5, 0.6) is 0 Å². The molecule has 1 amide bonds. The normalized spacial score (nSPS) is 20.9. The van der Waals surface area contributed by atoms with Gasteiger partial charge in [-0.1, -0.05) is 13.3 Å². The standard InChI is InChI=1S/C13H27N3O.2ClH/c1-4-6-12(14)13(17)16(3)10-11-7-5-8-15(2)9-11;;/h11-12H,4-10,14H2,1-3H3;2*1H. The number of carbonyl (C=O) groups is 1. The Morgan fingerprint density at radius 2 is 2.11 bits per heavy atom. The van der Waals surface area contributed by atoms with Gasteiger partial charge in [-0.15, -0.1) is 24.8 Å². The number of piperidine rings is 1. The monoisotopic (exact) mass is 313 g/mol. The van der Waals surface area contributed by atoms with E-state index in [0.29, 0.717) is 5.92 Å². The molecule has 1 fully saturated rings. The first-order valence-corrected chi connectivity index (χ1v) is 6.73. The zero-order valence-corrected chi connectivity index (χ0v) is 13.9. The number of hydrogen-bond acceptors (Lipinski definition) is 3. The SMILES string of the molecule is CCCC(N)C(=O)N(C)CC1CCCN(C)C1.Cl.Cl. The summed E-state index contributed by atoms with van der Waals surface area (Å²) in [6.07, 6.45) is 4.22. The largest absolute Gasteiger partial charge is 0.344 e. The molecule has 0 aliphatic carbocycles. The van der Waals surface area contributed by atoms with Gasteiger partial charge in [0.25, 0.3) is 0 Å². The summed E-state index contributed by atoms with van der Waals surface area (Å²) in [5, 5.41) is 0. The van der Waals surface area contributed by atoms with Gasteiger partial charge in [-0.3, -0.25) is 4.79 Å². The molecule has 1 aliphatic rings. The zero-order valence-electron chi connectivity index (χ0n) is 12.3. The van der Waals surface area contributed by atoms with Gasteiger partial charge in [0.2, 0.25) is 5.91 Å². The minimum Gasteiger partial charge on any atom is -0.344 e.